The molecular weight excluding hydrogens is 300 g/mol. The van der Waals surface area contributed by atoms with Crippen LogP contribution in [0.3, 0.4) is 0 Å². The molecule has 2 aliphatic heterocycles. The summed E-state index contributed by atoms with van der Waals surface area (Å²) in [5, 5.41) is 6.99. The number of amides is 1. The van der Waals surface area contributed by atoms with Crippen molar-refractivity contribution in [3.63, 3.8) is 0 Å². The van der Waals surface area contributed by atoms with E-state index in [0.29, 0.717) is 30.3 Å². The van der Waals surface area contributed by atoms with Crippen molar-refractivity contribution in [1.82, 2.24) is 10.6 Å². The maximum absolute atomic E-state index is 12.6. The van der Waals surface area contributed by atoms with E-state index in [2.05, 4.69) is 22.8 Å². The Morgan fingerprint density at radius 3 is 2.42 bits per heavy atom. The second kappa shape index (κ2) is 6.75. The fourth-order valence-corrected chi connectivity index (χ4v) is 4.55. The van der Waals surface area contributed by atoms with E-state index in [0.717, 1.165) is 5.75 Å². The molecule has 4 atom stereocenters. The second-order valence-corrected chi connectivity index (χ2v) is 7.84. The van der Waals surface area contributed by atoms with Gasteiger partial charge in [0.1, 0.15) is 5.75 Å². The average Bonchev–Trinajstić information content (AvgIpc) is 3.37. The molecule has 0 radical (unpaired) electrons. The largest absolute Gasteiger partial charge is 0.497 e. The number of methoxy groups -OCH3 is 1. The Morgan fingerprint density at radius 2 is 1.83 bits per heavy atom. The van der Waals surface area contributed by atoms with Gasteiger partial charge in [0.05, 0.1) is 13.2 Å². The van der Waals surface area contributed by atoms with E-state index in [9.17, 15) is 4.79 Å². The molecule has 2 heterocycles. The fraction of sp³-hybridized carbons (Fsp3) is 0.650. The predicted molar refractivity (Wildman–Crippen MR) is 93.9 cm³/mol. The zero-order valence-corrected chi connectivity index (χ0v) is 14.5. The first-order chi connectivity index (χ1) is 11.7. The number of carbonyl (C=O) groups is 1. The van der Waals surface area contributed by atoms with Crippen LogP contribution in [0.1, 0.15) is 56.6 Å². The summed E-state index contributed by atoms with van der Waals surface area (Å²) < 4.78 is 5.24. The highest BCUT2D eigenvalue weighted by atomic mass is 16.5. The first kappa shape index (κ1) is 15.9. The summed E-state index contributed by atoms with van der Waals surface area (Å²) in [6, 6.07) is 9.63. The normalized spacial score (nSPS) is 30.0. The molecule has 0 aromatic heterocycles. The van der Waals surface area contributed by atoms with E-state index in [4.69, 9.17) is 4.74 Å². The van der Waals surface area contributed by atoms with Gasteiger partial charge in [-0.1, -0.05) is 12.1 Å². The van der Waals surface area contributed by atoms with Gasteiger partial charge in [-0.15, -0.1) is 0 Å². The van der Waals surface area contributed by atoms with Gasteiger partial charge in [-0.2, -0.15) is 0 Å². The van der Waals surface area contributed by atoms with Crippen molar-refractivity contribution in [3.8, 4) is 5.75 Å². The summed E-state index contributed by atoms with van der Waals surface area (Å²) in [4.78, 5) is 12.6. The molecular formula is C20H28N2O2. The van der Waals surface area contributed by atoms with Gasteiger partial charge in [0.2, 0.25) is 5.91 Å². The minimum Gasteiger partial charge on any atom is -0.497 e. The van der Waals surface area contributed by atoms with Gasteiger partial charge >= 0.3 is 0 Å². The highest BCUT2D eigenvalue weighted by Gasteiger charge is 2.36. The Kier molecular flexibility index (Phi) is 4.49. The molecule has 1 aromatic rings. The molecule has 2 N–H and O–H groups in total. The summed E-state index contributed by atoms with van der Waals surface area (Å²) >= 11 is 0. The molecule has 130 valence electrons. The molecule has 4 rings (SSSR count). The molecule has 24 heavy (non-hydrogen) atoms. The van der Waals surface area contributed by atoms with Crippen LogP contribution in [0, 0.1) is 11.8 Å². The number of hydrogen-bond acceptors (Lipinski definition) is 3. The molecule has 3 fully saturated rings. The number of carbonyl (C=O) groups excluding carboxylic acids is 1. The average molecular weight is 328 g/mol. The lowest BCUT2D eigenvalue weighted by atomic mass is 9.89. The summed E-state index contributed by atoms with van der Waals surface area (Å²) in [6.45, 7) is 0. The van der Waals surface area contributed by atoms with Crippen LogP contribution in [0.5, 0.6) is 5.75 Å². The second-order valence-electron chi connectivity index (χ2n) is 7.84. The Morgan fingerprint density at radius 1 is 1.17 bits per heavy atom. The van der Waals surface area contributed by atoms with Crippen molar-refractivity contribution in [2.24, 2.45) is 11.8 Å². The smallest absolute Gasteiger partial charge is 0.220 e. The van der Waals surface area contributed by atoms with Gasteiger partial charge in [-0.3, -0.25) is 4.79 Å². The minimum atomic E-state index is 0.168. The maximum Gasteiger partial charge on any atom is 0.220 e. The first-order valence-electron chi connectivity index (χ1n) is 9.40. The summed E-state index contributed by atoms with van der Waals surface area (Å²) in [5.41, 5.74) is 1.21. The van der Waals surface area contributed by atoms with E-state index in [-0.39, 0.29) is 11.9 Å². The Labute approximate surface area is 144 Å². The van der Waals surface area contributed by atoms with Crippen LogP contribution in [0.4, 0.5) is 0 Å². The highest BCUT2D eigenvalue weighted by molar-refractivity contribution is 5.76. The number of ether oxygens (including phenoxy) is 1. The van der Waals surface area contributed by atoms with Crippen LogP contribution < -0.4 is 15.4 Å². The van der Waals surface area contributed by atoms with Crippen molar-refractivity contribution in [2.75, 3.05) is 7.11 Å². The van der Waals surface area contributed by atoms with E-state index in [1.165, 1.54) is 44.1 Å². The van der Waals surface area contributed by atoms with Crippen LogP contribution in [-0.2, 0) is 4.79 Å². The van der Waals surface area contributed by atoms with Crippen LogP contribution in [0.15, 0.2) is 24.3 Å². The summed E-state index contributed by atoms with van der Waals surface area (Å²) in [5.74, 6) is 2.25. The van der Waals surface area contributed by atoms with Crippen LogP contribution in [0.2, 0.25) is 0 Å². The molecule has 1 unspecified atom stereocenters. The van der Waals surface area contributed by atoms with Crippen molar-refractivity contribution < 1.29 is 9.53 Å². The molecule has 2 saturated heterocycles. The van der Waals surface area contributed by atoms with Gasteiger partial charge in [0.25, 0.3) is 0 Å². The lowest BCUT2D eigenvalue weighted by Gasteiger charge is -2.29. The topological polar surface area (TPSA) is 50.4 Å². The van der Waals surface area contributed by atoms with Gasteiger partial charge in [0.15, 0.2) is 0 Å². The van der Waals surface area contributed by atoms with Crippen LogP contribution in [0.25, 0.3) is 0 Å². The van der Waals surface area contributed by atoms with Crippen molar-refractivity contribution >= 4 is 5.91 Å². The van der Waals surface area contributed by atoms with Gasteiger partial charge in [0, 0.05) is 18.5 Å². The molecule has 1 amide bonds. The number of nitrogens with one attached hydrogen (secondary N) is 2. The van der Waals surface area contributed by atoms with Gasteiger partial charge < -0.3 is 15.4 Å². The highest BCUT2D eigenvalue weighted by Crippen LogP contribution is 2.41. The number of piperidine rings is 1. The SMILES string of the molecule is COc1ccc([C@@H](NC(=O)CC2C[C@H]3CC[C@@H](C2)N3)C2CC2)cc1. The number of rotatable bonds is 6. The Hall–Kier alpha value is -1.55. The monoisotopic (exact) mass is 328 g/mol. The van der Waals surface area contributed by atoms with Gasteiger partial charge in [-0.25, -0.2) is 0 Å². The van der Waals surface area contributed by atoms with E-state index < -0.39 is 0 Å². The first-order valence-corrected chi connectivity index (χ1v) is 9.40. The molecule has 4 heteroatoms. The fourth-order valence-electron chi connectivity index (χ4n) is 4.55. The number of fused-ring (bicyclic) bond motifs is 2. The zero-order chi connectivity index (χ0) is 16.5. The summed E-state index contributed by atoms with van der Waals surface area (Å²) in [6.07, 6.45) is 8.04. The standard InChI is InChI=1S/C20H28N2O2/c1-24-18-8-4-15(5-9-18)20(14-2-3-14)22-19(23)12-13-10-16-6-7-17(11-13)21-16/h4-5,8-9,13-14,16-17,20-21H,2-3,6-7,10-12H2,1H3,(H,22,23)/t13?,16-,17+,20-/m0/s1. The molecule has 2 bridgehead atoms. The summed E-state index contributed by atoms with van der Waals surface area (Å²) in [7, 11) is 1.68. The zero-order valence-electron chi connectivity index (χ0n) is 14.5. The maximum atomic E-state index is 12.6. The van der Waals surface area contributed by atoms with Crippen molar-refractivity contribution in [1.29, 1.82) is 0 Å². The molecule has 4 nitrogen and oxygen atoms in total. The molecule has 1 aliphatic carbocycles. The van der Waals surface area contributed by atoms with E-state index in [1.54, 1.807) is 7.11 Å². The van der Waals surface area contributed by atoms with Crippen LogP contribution >= 0.6 is 0 Å². The molecule has 0 spiro atoms. The lowest BCUT2D eigenvalue weighted by molar-refractivity contribution is -0.123. The van der Waals surface area contributed by atoms with Gasteiger partial charge in [-0.05, 0) is 68.1 Å². The quantitative estimate of drug-likeness (QED) is 0.843. The van der Waals surface area contributed by atoms with E-state index in [1.807, 2.05) is 12.1 Å². The van der Waals surface area contributed by atoms with Crippen molar-refractivity contribution in [3.05, 3.63) is 29.8 Å². The minimum absolute atomic E-state index is 0.168. The Bertz CT molecular complexity index is 570. The molecule has 3 aliphatic rings. The van der Waals surface area contributed by atoms with E-state index >= 15 is 0 Å². The number of benzene rings is 1. The predicted octanol–water partition coefficient (Wildman–Crippen LogP) is 3.18. The molecule has 1 saturated carbocycles. The third kappa shape index (κ3) is 3.59. The molecule has 1 aromatic carbocycles. The van der Waals surface area contributed by atoms with Crippen molar-refractivity contribution in [2.45, 2.75) is 63.1 Å². The number of hydrogen-bond donors (Lipinski definition) is 2. The Balaban J connectivity index is 1.36. The third-order valence-electron chi connectivity index (χ3n) is 5.93. The van der Waals surface area contributed by atoms with Crippen LogP contribution in [-0.4, -0.2) is 25.1 Å². The third-order valence-corrected chi connectivity index (χ3v) is 5.93. The lowest BCUT2D eigenvalue weighted by Crippen LogP contribution is -2.40.